The summed E-state index contributed by atoms with van der Waals surface area (Å²) >= 11 is 3.38. The van der Waals surface area contributed by atoms with Gasteiger partial charge in [0.25, 0.3) is 0 Å². The van der Waals surface area contributed by atoms with Crippen molar-refractivity contribution in [1.29, 1.82) is 0 Å². The Morgan fingerprint density at radius 2 is 2.38 bits per heavy atom. The lowest BCUT2D eigenvalue weighted by Crippen LogP contribution is -2.07. The largest absolute Gasteiger partial charge is 0.466 e. The maximum absolute atomic E-state index is 11.3. The van der Waals surface area contributed by atoms with Crippen molar-refractivity contribution in [3.05, 3.63) is 34.6 Å². The minimum atomic E-state index is -0.245. The van der Waals surface area contributed by atoms with Crippen LogP contribution < -0.4 is 0 Å². The average molecular weight is 283 g/mol. The maximum Gasteiger partial charge on any atom is 0.311 e. The Bertz CT molecular complexity index is 522. The summed E-state index contributed by atoms with van der Waals surface area (Å²) in [6, 6.07) is 5.72. The smallest absolute Gasteiger partial charge is 0.311 e. The number of carbonyl (C=O) groups is 1. The van der Waals surface area contributed by atoms with Crippen molar-refractivity contribution in [2.45, 2.75) is 13.3 Å². The van der Waals surface area contributed by atoms with E-state index in [4.69, 9.17) is 4.74 Å². The fourth-order valence-electron chi connectivity index (χ4n) is 1.47. The van der Waals surface area contributed by atoms with Gasteiger partial charge in [-0.1, -0.05) is 15.9 Å². The summed E-state index contributed by atoms with van der Waals surface area (Å²) in [6.07, 6.45) is 2.06. The van der Waals surface area contributed by atoms with Gasteiger partial charge in [-0.25, -0.2) is 4.52 Å². The normalized spacial score (nSPS) is 10.6. The molecule has 2 aromatic rings. The van der Waals surface area contributed by atoms with Gasteiger partial charge in [-0.15, -0.1) is 0 Å². The van der Waals surface area contributed by atoms with Gasteiger partial charge in [-0.2, -0.15) is 5.10 Å². The summed E-state index contributed by atoms with van der Waals surface area (Å²) in [6.45, 7) is 2.19. The van der Waals surface area contributed by atoms with Crippen LogP contribution >= 0.6 is 15.9 Å². The highest BCUT2D eigenvalue weighted by Crippen LogP contribution is 2.14. The van der Waals surface area contributed by atoms with Crippen LogP contribution in [0.3, 0.4) is 0 Å². The summed E-state index contributed by atoms with van der Waals surface area (Å²) in [5, 5.41) is 4.27. The monoisotopic (exact) mass is 282 g/mol. The lowest BCUT2D eigenvalue weighted by Gasteiger charge is -1.97. The Labute approximate surface area is 101 Å². The van der Waals surface area contributed by atoms with E-state index in [2.05, 4.69) is 21.0 Å². The molecule has 16 heavy (non-hydrogen) atoms. The van der Waals surface area contributed by atoms with E-state index in [0.29, 0.717) is 6.61 Å². The molecule has 2 heterocycles. The molecule has 0 aliphatic rings. The van der Waals surface area contributed by atoms with Gasteiger partial charge in [0.1, 0.15) is 0 Å². The summed E-state index contributed by atoms with van der Waals surface area (Å²) in [4.78, 5) is 11.3. The molecule has 5 heteroatoms. The molecule has 0 aliphatic carbocycles. The van der Waals surface area contributed by atoms with Gasteiger partial charge in [0.05, 0.1) is 24.2 Å². The minimum absolute atomic E-state index is 0.215. The minimum Gasteiger partial charge on any atom is -0.466 e. The van der Waals surface area contributed by atoms with Crippen LogP contribution in [0.25, 0.3) is 5.52 Å². The average Bonchev–Trinajstić information content (AvgIpc) is 2.59. The molecule has 0 aromatic carbocycles. The number of hydrogen-bond donors (Lipinski definition) is 0. The topological polar surface area (TPSA) is 43.6 Å². The number of ether oxygens (including phenoxy) is 1. The van der Waals surface area contributed by atoms with Crippen LogP contribution in [0.15, 0.2) is 28.9 Å². The number of fused-ring (bicyclic) bond motifs is 1. The van der Waals surface area contributed by atoms with Crippen molar-refractivity contribution in [3.8, 4) is 0 Å². The molecular formula is C11H11BrN2O2. The molecule has 84 valence electrons. The van der Waals surface area contributed by atoms with Gasteiger partial charge in [0.15, 0.2) is 0 Å². The first-order valence-electron chi connectivity index (χ1n) is 4.98. The first-order valence-corrected chi connectivity index (χ1v) is 5.78. The van der Waals surface area contributed by atoms with Crippen LogP contribution in [0.4, 0.5) is 0 Å². The summed E-state index contributed by atoms with van der Waals surface area (Å²) in [5.41, 5.74) is 1.67. The summed E-state index contributed by atoms with van der Waals surface area (Å²) < 4.78 is 7.59. The van der Waals surface area contributed by atoms with Gasteiger partial charge in [0.2, 0.25) is 0 Å². The van der Waals surface area contributed by atoms with Gasteiger partial charge >= 0.3 is 5.97 Å². The van der Waals surface area contributed by atoms with Crippen molar-refractivity contribution in [1.82, 2.24) is 9.61 Å². The second kappa shape index (κ2) is 4.65. The highest BCUT2D eigenvalue weighted by Gasteiger charge is 2.08. The van der Waals surface area contributed by atoms with Crippen LogP contribution in [0.2, 0.25) is 0 Å². The van der Waals surface area contributed by atoms with Crippen molar-refractivity contribution >= 4 is 27.4 Å². The number of rotatable bonds is 3. The Hall–Kier alpha value is -1.36. The Kier molecular flexibility index (Phi) is 3.24. The number of pyridine rings is 1. The molecule has 0 saturated heterocycles. The molecule has 2 rings (SSSR count). The third kappa shape index (κ3) is 2.41. The molecule has 0 bridgehead atoms. The van der Waals surface area contributed by atoms with Crippen LogP contribution in [-0.4, -0.2) is 22.2 Å². The Balaban J connectivity index is 2.23. The number of esters is 1. The first-order chi connectivity index (χ1) is 7.69. The molecule has 0 saturated carbocycles. The SMILES string of the molecule is CCOC(=O)Cc1cc2cc(Br)ccn2n1. The number of carbonyl (C=O) groups excluding carboxylic acids is 1. The molecule has 0 radical (unpaired) electrons. The highest BCUT2D eigenvalue weighted by molar-refractivity contribution is 9.10. The van der Waals surface area contributed by atoms with Crippen molar-refractivity contribution in [3.63, 3.8) is 0 Å². The number of aromatic nitrogens is 2. The zero-order valence-corrected chi connectivity index (χ0v) is 10.4. The molecule has 0 spiro atoms. The molecule has 4 nitrogen and oxygen atoms in total. The molecular weight excluding hydrogens is 272 g/mol. The van der Waals surface area contributed by atoms with Gasteiger partial charge in [-0.05, 0) is 25.1 Å². The van der Waals surface area contributed by atoms with E-state index in [1.54, 1.807) is 11.4 Å². The molecule has 0 atom stereocenters. The molecule has 0 amide bonds. The van der Waals surface area contributed by atoms with E-state index in [1.165, 1.54) is 0 Å². The fraction of sp³-hybridized carbons (Fsp3) is 0.273. The lowest BCUT2D eigenvalue weighted by molar-refractivity contribution is -0.142. The summed E-state index contributed by atoms with van der Waals surface area (Å²) in [7, 11) is 0. The van der Waals surface area contributed by atoms with E-state index >= 15 is 0 Å². The maximum atomic E-state index is 11.3. The van der Waals surface area contributed by atoms with E-state index < -0.39 is 0 Å². The van der Waals surface area contributed by atoms with E-state index in [1.807, 2.05) is 24.4 Å². The number of hydrogen-bond acceptors (Lipinski definition) is 3. The van der Waals surface area contributed by atoms with Crippen molar-refractivity contribution < 1.29 is 9.53 Å². The van der Waals surface area contributed by atoms with Gasteiger partial charge in [-0.3, -0.25) is 4.79 Å². The van der Waals surface area contributed by atoms with E-state index in [9.17, 15) is 4.79 Å². The van der Waals surface area contributed by atoms with Crippen LogP contribution in [0.1, 0.15) is 12.6 Å². The van der Waals surface area contributed by atoms with Crippen LogP contribution in [-0.2, 0) is 16.0 Å². The molecule has 2 aromatic heterocycles. The Morgan fingerprint density at radius 1 is 1.56 bits per heavy atom. The Morgan fingerprint density at radius 3 is 3.12 bits per heavy atom. The second-order valence-electron chi connectivity index (χ2n) is 3.33. The molecule has 0 N–H and O–H groups in total. The quantitative estimate of drug-likeness (QED) is 0.811. The lowest BCUT2D eigenvalue weighted by atomic mass is 10.3. The highest BCUT2D eigenvalue weighted by atomic mass is 79.9. The number of nitrogens with zero attached hydrogens (tertiary/aromatic N) is 2. The van der Waals surface area contributed by atoms with Gasteiger partial charge < -0.3 is 4.74 Å². The standard InChI is InChI=1S/C11H11BrN2O2/c1-2-16-11(15)7-9-6-10-5-8(12)3-4-14(10)13-9/h3-6H,2,7H2,1H3. The van der Waals surface area contributed by atoms with Crippen LogP contribution in [0, 0.1) is 0 Å². The predicted octanol–water partition coefficient (Wildman–Crippen LogP) is 2.20. The first kappa shape index (κ1) is 11.1. The predicted molar refractivity (Wildman–Crippen MR) is 63.2 cm³/mol. The van der Waals surface area contributed by atoms with Crippen molar-refractivity contribution in [2.75, 3.05) is 6.61 Å². The third-order valence-electron chi connectivity index (χ3n) is 2.11. The van der Waals surface area contributed by atoms with Crippen molar-refractivity contribution in [2.24, 2.45) is 0 Å². The van der Waals surface area contributed by atoms with Gasteiger partial charge in [0, 0.05) is 10.7 Å². The second-order valence-corrected chi connectivity index (χ2v) is 4.25. The zero-order valence-electron chi connectivity index (χ0n) is 8.81. The fourth-order valence-corrected chi connectivity index (χ4v) is 1.82. The third-order valence-corrected chi connectivity index (χ3v) is 2.60. The molecule has 0 fully saturated rings. The molecule has 0 unspecified atom stereocenters. The zero-order chi connectivity index (χ0) is 11.5. The van der Waals surface area contributed by atoms with E-state index in [-0.39, 0.29) is 12.4 Å². The summed E-state index contributed by atoms with van der Waals surface area (Å²) in [5.74, 6) is -0.245. The molecule has 0 aliphatic heterocycles. The number of halogens is 1. The van der Waals surface area contributed by atoms with E-state index in [0.717, 1.165) is 15.7 Å². The van der Waals surface area contributed by atoms with Crippen LogP contribution in [0.5, 0.6) is 0 Å².